The van der Waals surface area contributed by atoms with Crippen molar-refractivity contribution in [3.63, 3.8) is 0 Å². The number of ether oxygens (including phenoxy) is 1. The van der Waals surface area contributed by atoms with Crippen molar-refractivity contribution in [1.82, 2.24) is 15.2 Å². The number of carbonyl (C=O) groups excluding carboxylic acids is 3. The fourth-order valence-corrected chi connectivity index (χ4v) is 3.01. The van der Waals surface area contributed by atoms with Crippen molar-refractivity contribution in [2.45, 2.75) is 32.9 Å². The van der Waals surface area contributed by atoms with Gasteiger partial charge in [0.1, 0.15) is 5.03 Å². The molecule has 1 aromatic heterocycles. The van der Waals surface area contributed by atoms with E-state index in [0.717, 1.165) is 4.90 Å². The maximum Gasteiger partial charge on any atom is 0.414 e. The normalized spacial score (nSPS) is 14.4. The molecule has 2 aromatic rings. The third-order valence-electron chi connectivity index (χ3n) is 3.99. The third kappa shape index (κ3) is 4.81. The summed E-state index contributed by atoms with van der Waals surface area (Å²) in [6, 6.07) is 11.9. The number of carbonyl (C=O) groups is 3. The second-order valence-electron chi connectivity index (χ2n) is 7.52. The quantitative estimate of drug-likeness (QED) is 0.775. The number of halogens is 1. The van der Waals surface area contributed by atoms with Gasteiger partial charge in [-0.3, -0.25) is 14.5 Å². The summed E-state index contributed by atoms with van der Waals surface area (Å²) in [7, 11) is 0. The molecule has 1 aromatic carbocycles. The van der Waals surface area contributed by atoms with E-state index in [0.29, 0.717) is 11.1 Å². The predicted molar refractivity (Wildman–Crippen MR) is 108 cm³/mol. The molecule has 3 rings (SSSR count). The molecule has 0 saturated heterocycles. The van der Waals surface area contributed by atoms with Crippen LogP contribution in [0.15, 0.2) is 53.7 Å². The maximum absolute atomic E-state index is 12.7. The number of imide groups is 1. The minimum atomic E-state index is -0.619. The molecular weight excluding hydrogens is 394 g/mol. The van der Waals surface area contributed by atoms with Crippen molar-refractivity contribution in [2.75, 3.05) is 0 Å². The Labute approximate surface area is 173 Å². The lowest BCUT2D eigenvalue weighted by Gasteiger charge is -2.19. The molecular formula is C21H20ClN3O4. The molecule has 2 heterocycles. The molecule has 0 unspecified atom stereocenters. The van der Waals surface area contributed by atoms with Gasteiger partial charge in [-0.15, -0.1) is 0 Å². The van der Waals surface area contributed by atoms with Gasteiger partial charge in [-0.25, -0.2) is 9.78 Å². The van der Waals surface area contributed by atoms with E-state index in [2.05, 4.69) is 10.3 Å². The Balaban J connectivity index is 1.69. The van der Waals surface area contributed by atoms with Crippen molar-refractivity contribution >= 4 is 35.1 Å². The van der Waals surface area contributed by atoms with E-state index in [1.165, 1.54) is 12.3 Å². The van der Waals surface area contributed by atoms with Crippen LogP contribution in [0, 0.1) is 0 Å². The second kappa shape index (κ2) is 8.05. The summed E-state index contributed by atoms with van der Waals surface area (Å²) in [5, 5.41) is 2.56. The highest BCUT2D eigenvalue weighted by Crippen LogP contribution is 2.32. The van der Waals surface area contributed by atoms with Gasteiger partial charge >= 0.3 is 6.09 Å². The Morgan fingerprint density at radius 3 is 2.38 bits per heavy atom. The number of benzene rings is 1. The highest BCUT2D eigenvalue weighted by molar-refractivity contribution is 6.55. The lowest BCUT2D eigenvalue weighted by Crippen LogP contribution is -2.42. The van der Waals surface area contributed by atoms with Gasteiger partial charge in [0.25, 0.3) is 11.8 Å². The molecule has 1 aliphatic rings. The van der Waals surface area contributed by atoms with Crippen molar-refractivity contribution in [1.29, 1.82) is 0 Å². The topological polar surface area (TPSA) is 88.6 Å². The standard InChI is InChI=1S/C21H20ClN3O4/c1-21(2,3)24-20(28)29-15-10-9-13(11-23-15)12-25-18(26)16(17(22)19(25)27)14-7-5-4-6-8-14/h4-11H,12H2,1-3H3,(H,24,28). The summed E-state index contributed by atoms with van der Waals surface area (Å²) in [4.78, 5) is 42.1. The Morgan fingerprint density at radius 2 is 1.79 bits per heavy atom. The first kappa shape index (κ1) is 20.5. The minimum absolute atomic E-state index is 0.00564. The van der Waals surface area contributed by atoms with E-state index in [9.17, 15) is 14.4 Å². The van der Waals surface area contributed by atoms with Crippen LogP contribution < -0.4 is 10.1 Å². The fourth-order valence-electron chi connectivity index (χ4n) is 2.72. The van der Waals surface area contributed by atoms with Crippen LogP contribution in [0.25, 0.3) is 5.57 Å². The van der Waals surface area contributed by atoms with E-state index in [1.54, 1.807) is 30.3 Å². The number of rotatable bonds is 4. The molecule has 1 N–H and O–H groups in total. The Bertz CT molecular complexity index is 979. The van der Waals surface area contributed by atoms with E-state index in [4.69, 9.17) is 16.3 Å². The van der Waals surface area contributed by atoms with E-state index in [-0.39, 0.29) is 23.0 Å². The van der Waals surface area contributed by atoms with Crippen LogP contribution in [-0.4, -0.2) is 33.3 Å². The lowest BCUT2D eigenvalue weighted by molar-refractivity contribution is -0.137. The zero-order chi connectivity index (χ0) is 21.2. The summed E-state index contributed by atoms with van der Waals surface area (Å²) >= 11 is 6.14. The van der Waals surface area contributed by atoms with Gasteiger partial charge in [0.2, 0.25) is 5.88 Å². The number of pyridine rings is 1. The van der Waals surface area contributed by atoms with Crippen LogP contribution in [0.2, 0.25) is 0 Å². The average molecular weight is 414 g/mol. The first-order valence-corrected chi connectivity index (χ1v) is 9.30. The first-order valence-electron chi connectivity index (χ1n) is 8.92. The number of nitrogens with one attached hydrogen (secondary N) is 1. The van der Waals surface area contributed by atoms with Gasteiger partial charge in [-0.1, -0.05) is 48.0 Å². The Kier molecular flexibility index (Phi) is 5.70. The molecule has 1 aliphatic heterocycles. The van der Waals surface area contributed by atoms with Gasteiger partial charge in [-0.05, 0) is 31.9 Å². The van der Waals surface area contributed by atoms with Gasteiger partial charge in [0.05, 0.1) is 12.1 Å². The van der Waals surface area contributed by atoms with Gasteiger partial charge in [0.15, 0.2) is 0 Å². The summed E-state index contributed by atoms with van der Waals surface area (Å²) in [6.45, 7) is 5.50. The average Bonchev–Trinajstić information content (AvgIpc) is 2.86. The number of nitrogens with zero attached hydrogens (tertiary/aromatic N) is 2. The van der Waals surface area contributed by atoms with Crippen LogP contribution in [0.3, 0.4) is 0 Å². The summed E-state index contributed by atoms with van der Waals surface area (Å²) < 4.78 is 5.11. The number of amides is 3. The molecule has 0 radical (unpaired) electrons. The minimum Gasteiger partial charge on any atom is -0.391 e. The summed E-state index contributed by atoms with van der Waals surface area (Å²) in [5.41, 5.74) is 0.930. The van der Waals surface area contributed by atoms with Crippen LogP contribution in [-0.2, 0) is 16.1 Å². The second-order valence-corrected chi connectivity index (χ2v) is 7.90. The van der Waals surface area contributed by atoms with Gasteiger partial charge < -0.3 is 10.1 Å². The molecule has 7 nitrogen and oxygen atoms in total. The van der Waals surface area contributed by atoms with Crippen molar-refractivity contribution < 1.29 is 19.1 Å². The number of hydrogen-bond donors (Lipinski definition) is 1. The smallest absolute Gasteiger partial charge is 0.391 e. The lowest BCUT2D eigenvalue weighted by atomic mass is 10.1. The van der Waals surface area contributed by atoms with Crippen LogP contribution >= 0.6 is 11.6 Å². The monoisotopic (exact) mass is 413 g/mol. The fraction of sp³-hybridized carbons (Fsp3) is 0.238. The van der Waals surface area contributed by atoms with E-state index >= 15 is 0 Å². The molecule has 150 valence electrons. The summed E-state index contributed by atoms with van der Waals surface area (Å²) in [6.07, 6.45) is 0.820. The van der Waals surface area contributed by atoms with Gasteiger partial charge in [-0.2, -0.15) is 0 Å². The van der Waals surface area contributed by atoms with Crippen LogP contribution in [0.4, 0.5) is 4.79 Å². The Hall–Kier alpha value is -3.19. The van der Waals surface area contributed by atoms with Crippen molar-refractivity contribution in [3.8, 4) is 5.88 Å². The van der Waals surface area contributed by atoms with Gasteiger partial charge in [0, 0.05) is 17.8 Å². The molecule has 29 heavy (non-hydrogen) atoms. The van der Waals surface area contributed by atoms with Crippen LogP contribution in [0.5, 0.6) is 5.88 Å². The van der Waals surface area contributed by atoms with E-state index < -0.39 is 23.4 Å². The predicted octanol–water partition coefficient (Wildman–Crippen LogP) is 3.49. The van der Waals surface area contributed by atoms with Crippen LogP contribution in [0.1, 0.15) is 31.9 Å². The molecule has 0 fully saturated rings. The largest absolute Gasteiger partial charge is 0.414 e. The first-order chi connectivity index (χ1) is 13.7. The third-order valence-corrected chi connectivity index (χ3v) is 4.34. The molecule has 3 amide bonds. The highest BCUT2D eigenvalue weighted by Gasteiger charge is 2.38. The van der Waals surface area contributed by atoms with Crippen molar-refractivity contribution in [3.05, 3.63) is 64.8 Å². The molecule has 0 bridgehead atoms. The van der Waals surface area contributed by atoms with E-state index in [1.807, 2.05) is 26.8 Å². The number of aromatic nitrogens is 1. The maximum atomic E-state index is 12.7. The van der Waals surface area contributed by atoms with Crippen molar-refractivity contribution in [2.24, 2.45) is 0 Å². The molecule has 0 spiro atoms. The molecule has 0 aliphatic carbocycles. The molecule has 0 saturated carbocycles. The molecule has 0 atom stereocenters. The Morgan fingerprint density at radius 1 is 1.10 bits per heavy atom. The highest BCUT2D eigenvalue weighted by atomic mass is 35.5. The zero-order valence-electron chi connectivity index (χ0n) is 16.2. The molecule has 8 heteroatoms. The number of hydrogen-bond acceptors (Lipinski definition) is 5. The summed E-state index contributed by atoms with van der Waals surface area (Å²) in [5.74, 6) is -0.910. The SMILES string of the molecule is CC(C)(C)NC(=O)Oc1ccc(CN2C(=O)C(Cl)=C(c3ccccc3)C2=O)cn1. The zero-order valence-corrected chi connectivity index (χ0v) is 17.0.